The van der Waals surface area contributed by atoms with E-state index in [0.717, 1.165) is 0 Å². The van der Waals surface area contributed by atoms with Gasteiger partial charge in [-0.05, 0) is 26.3 Å². The average molecular weight is 296 g/mol. The number of hydrogen-bond donors (Lipinski definition) is 3. The summed E-state index contributed by atoms with van der Waals surface area (Å²) >= 11 is 0. The number of aliphatic carboxylic acids is 1. The number of hydrogen-bond acceptors (Lipinski definition) is 4. The molecule has 0 spiro atoms. The molecule has 0 unspecified atom stereocenters. The van der Waals surface area contributed by atoms with Crippen LogP contribution in [0.5, 0.6) is 0 Å². The summed E-state index contributed by atoms with van der Waals surface area (Å²) in [5.74, 6) is -1.70. The number of rotatable bonds is 7. The molecule has 21 heavy (non-hydrogen) atoms. The molecule has 1 aromatic rings. The lowest BCUT2D eigenvalue weighted by Gasteiger charge is -2.17. The summed E-state index contributed by atoms with van der Waals surface area (Å²) in [4.78, 5) is 33.9. The molecule has 8 heteroatoms. The third-order valence-corrected chi connectivity index (χ3v) is 2.84. The smallest absolute Gasteiger partial charge is 0.321 e. The maximum Gasteiger partial charge on any atom is 0.321 e. The number of carbonyl (C=O) groups excluding carboxylic acids is 2. The van der Waals surface area contributed by atoms with Gasteiger partial charge in [-0.15, -0.1) is 0 Å². The standard InChI is InChI=1S/C13H20N4O4/c1-13(2,11(19)20)9-10(18)16-12(21)14-5-3-7-17-8-4-6-15-17/h4,6,8H,3,5,7,9H2,1-2H3,(H,19,20)(H2,14,16,18,21). The van der Waals surface area contributed by atoms with E-state index in [0.29, 0.717) is 19.5 Å². The van der Waals surface area contributed by atoms with Gasteiger partial charge in [-0.2, -0.15) is 5.10 Å². The van der Waals surface area contributed by atoms with Crippen molar-refractivity contribution in [1.29, 1.82) is 0 Å². The fraction of sp³-hybridized carbons (Fsp3) is 0.538. The molecule has 0 bridgehead atoms. The zero-order valence-corrected chi connectivity index (χ0v) is 12.1. The van der Waals surface area contributed by atoms with Crippen LogP contribution in [0.4, 0.5) is 4.79 Å². The molecule has 1 rings (SSSR count). The van der Waals surface area contributed by atoms with E-state index in [1.807, 2.05) is 12.3 Å². The second-order valence-electron chi connectivity index (χ2n) is 5.29. The monoisotopic (exact) mass is 296 g/mol. The summed E-state index contributed by atoms with van der Waals surface area (Å²) in [5.41, 5.74) is -1.20. The highest BCUT2D eigenvalue weighted by atomic mass is 16.4. The van der Waals surface area contributed by atoms with Crippen LogP contribution in [0.15, 0.2) is 18.5 Å². The summed E-state index contributed by atoms with van der Waals surface area (Å²) < 4.78 is 1.74. The fourth-order valence-corrected chi connectivity index (χ4v) is 1.57. The Balaban J connectivity index is 2.21. The highest BCUT2D eigenvalue weighted by Gasteiger charge is 2.30. The molecule has 116 valence electrons. The minimum absolute atomic E-state index is 0.261. The first-order valence-electron chi connectivity index (χ1n) is 6.60. The molecular formula is C13H20N4O4. The number of carboxylic acids is 1. The number of aromatic nitrogens is 2. The second kappa shape index (κ2) is 7.41. The first-order chi connectivity index (χ1) is 9.81. The number of nitrogens with one attached hydrogen (secondary N) is 2. The van der Waals surface area contributed by atoms with Gasteiger partial charge in [0.25, 0.3) is 0 Å². The molecule has 0 aliphatic heterocycles. The number of amides is 3. The highest BCUT2D eigenvalue weighted by Crippen LogP contribution is 2.19. The van der Waals surface area contributed by atoms with Gasteiger partial charge in [0.05, 0.1) is 5.41 Å². The predicted molar refractivity (Wildman–Crippen MR) is 74.4 cm³/mol. The molecule has 0 fully saturated rings. The van der Waals surface area contributed by atoms with E-state index in [1.54, 1.807) is 10.9 Å². The van der Waals surface area contributed by atoms with Gasteiger partial charge in [0.15, 0.2) is 0 Å². The Morgan fingerprint density at radius 3 is 2.62 bits per heavy atom. The maximum absolute atomic E-state index is 11.5. The van der Waals surface area contributed by atoms with E-state index in [2.05, 4.69) is 15.7 Å². The van der Waals surface area contributed by atoms with Crippen molar-refractivity contribution >= 4 is 17.9 Å². The number of nitrogens with zero attached hydrogens (tertiary/aromatic N) is 2. The van der Waals surface area contributed by atoms with E-state index in [4.69, 9.17) is 5.11 Å². The van der Waals surface area contributed by atoms with Gasteiger partial charge in [-0.25, -0.2) is 4.79 Å². The van der Waals surface area contributed by atoms with Crippen molar-refractivity contribution < 1.29 is 19.5 Å². The molecule has 0 saturated carbocycles. The van der Waals surface area contributed by atoms with Crippen molar-refractivity contribution in [2.75, 3.05) is 6.54 Å². The number of aryl methyl sites for hydroxylation is 1. The van der Waals surface area contributed by atoms with Crippen LogP contribution in [0.25, 0.3) is 0 Å². The largest absolute Gasteiger partial charge is 0.481 e. The molecule has 0 aliphatic carbocycles. The molecule has 3 amide bonds. The minimum atomic E-state index is -1.20. The van der Waals surface area contributed by atoms with Crippen molar-refractivity contribution in [2.45, 2.75) is 33.2 Å². The molecule has 3 N–H and O–H groups in total. The van der Waals surface area contributed by atoms with Crippen molar-refractivity contribution in [3.8, 4) is 0 Å². The Bertz CT molecular complexity index is 496. The van der Waals surface area contributed by atoms with Crippen LogP contribution in [0.2, 0.25) is 0 Å². The van der Waals surface area contributed by atoms with Crippen LogP contribution in [0, 0.1) is 5.41 Å². The van der Waals surface area contributed by atoms with Crippen molar-refractivity contribution in [3.63, 3.8) is 0 Å². The molecule has 0 aliphatic rings. The third-order valence-electron chi connectivity index (χ3n) is 2.84. The zero-order valence-electron chi connectivity index (χ0n) is 12.1. The highest BCUT2D eigenvalue weighted by molar-refractivity contribution is 5.96. The Morgan fingerprint density at radius 2 is 2.05 bits per heavy atom. The number of urea groups is 1. The molecule has 1 aromatic heterocycles. The number of imide groups is 1. The summed E-state index contributed by atoms with van der Waals surface area (Å²) in [7, 11) is 0. The lowest BCUT2D eigenvalue weighted by molar-refractivity contribution is -0.149. The maximum atomic E-state index is 11.5. The van der Waals surface area contributed by atoms with Crippen LogP contribution in [0.3, 0.4) is 0 Å². The fourth-order valence-electron chi connectivity index (χ4n) is 1.57. The van der Waals surface area contributed by atoms with Crippen LogP contribution < -0.4 is 10.6 Å². The minimum Gasteiger partial charge on any atom is -0.481 e. The van der Waals surface area contributed by atoms with Gasteiger partial charge in [0.1, 0.15) is 0 Å². The van der Waals surface area contributed by atoms with Crippen molar-refractivity contribution in [3.05, 3.63) is 18.5 Å². The molecule has 0 saturated heterocycles. The Morgan fingerprint density at radius 1 is 1.33 bits per heavy atom. The molecule has 0 atom stereocenters. The SMILES string of the molecule is CC(C)(CC(=O)NC(=O)NCCCn1cccn1)C(=O)O. The summed E-state index contributed by atoms with van der Waals surface area (Å²) in [6.07, 6.45) is 3.90. The van der Waals surface area contributed by atoms with Gasteiger partial charge in [0, 0.05) is 31.9 Å². The van der Waals surface area contributed by atoms with Gasteiger partial charge in [-0.1, -0.05) is 0 Å². The van der Waals surface area contributed by atoms with E-state index in [-0.39, 0.29) is 6.42 Å². The van der Waals surface area contributed by atoms with Crippen LogP contribution in [0.1, 0.15) is 26.7 Å². The Labute approximate surface area is 122 Å². The van der Waals surface area contributed by atoms with Crippen molar-refractivity contribution in [2.24, 2.45) is 5.41 Å². The van der Waals surface area contributed by atoms with E-state index in [1.165, 1.54) is 13.8 Å². The van der Waals surface area contributed by atoms with Gasteiger partial charge >= 0.3 is 12.0 Å². The Kier molecular flexibility index (Phi) is 5.89. The van der Waals surface area contributed by atoms with Crippen molar-refractivity contribution in [1.82, 2.24) is 20.4 Å². The normalized spacial score (nSPS) is 11.0. The number of carboxylic acid groups (broad SMARTS) is 1. The molecule has 8 nitrogen and oxygen atoms in total. The van der Waals surface area contributed by atoms with Crippen LogP contribution in [-0.4, -0.2) is 39.3 Å². The molecular weight excluding hydrogens is 276 g/mol. The summed E-state index contributed by atoms with van der Waals surface area (Å²) in [5, 5.41) is 17.6. The molecule has 0 radical (unpaired) electrons. The van der Waals surface area contributed by atoms with Gasteiger partial charge in [-0.3, -0.25) is 19.6 Å². The summed E-state index contributed by atoms with van der Waals surface area (Å²) in [6, 6.07) is 1.19. The van der Waals surface area contributed by atoms with E-state index >= 15 is 0 Å². The van der Waals surface area contributed by atoms with E-state index < -0.39 is 23.3 Å². The first-order valence-corrected chi connectivity index (χ1v) is 6.60. The van der Waals surface area contributed by atoms with Crippen LogP contribution >= 0.6 is 0 Å². The van der Waals surface area contributed by atoms with Gasteiger partial charge < -0.3 is 10.4 Å². The molecule has 0 aromatic carbocycles. The first kappa shape index (κ1) is 16.7. The average Bonchev–Trinajstić information content (AvgIpc) is 2.86. The number of carbonyl (C=O) groups is 3. The Hall–Kier alpha value is -2.38. The summed E-state index contributed by atoms with van der Waals surface area (Å²) in [6.45, 7) is 3.91. The topological polar surface area (TPSA) is 113 Å². The van der Waals surface area contributed by atoms with E-state index in [9.17, 15) is 14.4 Å². The zero-order chi connectivity index (χ0) is 15.9. The van der Waals surface area contributed by atoms with Crippen LogP contribution in [-0.2, 0) is 16.1 Å². The molecule has 1 heterocycles. The lowest BCUT2D eigenvalue weighted by Crippen LogP contribution is -2.42. The predicted octanol–water partition coefficient (Wildman–Crippen LogP) is 0.600. The quantitative estimate of drug-likeness (QED) is 0.638. The lowest BCUT2D eigenvalue weighted by atomic mass is 9.89. The second-order valence-corrected chi connectivity index (χ2v) is 5.29. The van der Waals surface area contributed by atoms with Gasteiger partial charge in [0.2, 0.25) is 5.91 Å². The third kappa shape index (κ3) is 6.07.